The van der Waals surface area contributed by atoms with Gasteiger partial charge < -0.3 is 49.3 Å². The molecule has 0 heterocycles. The molecular formula is C47H85O19P3. The number of allylic oxidation sites excluding steroid dienone is 8. The van der Waals surface area contributed by atoms with Crippen LogP contribution in [0.3, 0.4) is 0 Å². The SMILES string of the molecule is CCCCC/C=C\C/C=C\C/C=C\C/C=C\CCCCCC(=O)O[C@H](COC(=O)CCCCCCCCCCCCCCC)COP(=O)(O)O[C@H]1C(O)C(O)C(OP(=O)(O)O)[C@@H](OP(=O)(O)O)C1O. The van der Waals surface area contributed by atoms with Gasteiger partial charge in [-0.3, -0.25) is 27.7 Å². The Bertz CT molecular complexity index is 1630. The van der Waals surface area contributed by atoms with Crippen LogP contribution in [0, 0.1) is 0 Å². The van der Waals surface area contributed by atoms with Crippen LogP contribution < -0.4 is 0 Å². The van der Waals surface area contributed by atoms with Crippen molar-refractivity contribution in [3.8, 4) is 0 Å². The fourth-order valence-electron chi connectivity index (χ4n) is 7.39. The molecule has 8 N–H and O–H groups in total. The van der Waals surface area contributed by atoms with Gasteiger partial charge in [0.25, 0.3) is 0 Å². The predicted octanol–water partition coefficient (Wildman–Crippen LogP) is 9.40. The molecule has 0 aromatic heterocycles. The molecule has 1 aliphatic rings. The summed E-state index contributed by atoms with van der Waals surface area (Å²) < 4.78 is 65.5. The Morgan fingerprint density at radius 3 is 1.32 bits per heavy atom. The molecule has 0 aliphatic heterocycles. The maximum Gasteiger partial charge on any atom is 0.472 e. The van der Waals surface area contributed by atoms with Crippen molar-refractivity contribution in [2.24, 2.45) is 0 Å². The Hall–Kier alpha value is -1.89. The monoisotopic (exact) mass is 1050 g/mol. The lowest BCUT2D eigenvalue weighted by Gasteiger charge is -2.44. The summed E-state index contributed by atoms with van der Waals surface area (Å²) in [5.41, 5.74) is 0. The van der Waals surface area contributed by atoms with Crippen molar-refractivity contribution in [1.29, 1.82) is 0 Å². The Labute approximate surface area is 410 Å². The number of phosphoric acid groups is 3. The number of hydrogen-bond acceptors (Lipinski definition) is 14. The number of aliphatic hydroxyl groups excluding tert-OH is 3. The smallest absolute Gasteiger partial charge is 0.462 e. The number of carbonyl (C=O) groups is 2. The van der Waals surface area contributed by atoms with Crippen LogP contribution in [0.4, 0.5) is 0 Å². The van der Waals surface area contributed by atoms with E-state index in [1.807, 2.05) is 0 Å². The van der Waals surface area contributed by atoms with Gasteiger partial charge in [-0.15, -0.1) is 0 Å². The molecule has 402 valence electrons. The second-order valence-corrected chi connectivity index (χ2v) is 21.2. The minimum atomic E-state index is -5.61. The molecule has 0 aromatic carbocycles. The predicted molar refractivity (Wildman–Crippen MR) is 261 cm³/mol. The second kappa shape index (κ2) is 38.7. The lowest BCUT2D eigenvalue weighted by atomic mass is 9.85. The second-order valence-electron chi connectivity index (χ2n) is 17.4. The summed E-state index contributed by atoms with van der Waals surface area (Å²) in [4.78, 5) is 73.3. The van der Waals surface area contributed by atoms with Gasteiger partial charge in [-0.05, 0) is 57.8 Å². The third kappa shape index (κ3) is 35.0. The van der Waals surface area contributed by atoms with E-state index in [-0.39, 0.29) is 12.8 Å². The molecule has 5 unspecified atom stereocenters. The Morgan fingerprint density at radius 1 is 0.464 bits per heavy atom. The van der Waals surface area contributed by atoms with Gasteiger partial charge >= 0.3 is 35.4 Å². The molecule has 1 saturated carbocycles. The standard InChI is InChI=1S/C47H85O19P3/c1-3-5-7-9-11-13-15-17-18-19-20-21-22-24-26-28-30-32-34-36-41(49)63-39(37-61-40(48)35-33-31-29-27-25-23-16-14-12-10-8-6-4-2)38-62-69(59,60)66-45-42(50)43(51)46(64-67(53,54)55)47(44(45)52)65-68(56,57)58/h11,13,17-18,20-21,24,26,39,42-47,50-52H,3-10,12,14-16,19,22-23,25,27-38H2,1-2H3,(H,59,60)(H2,53,54,55)(H2,56,57,58)/b13-11-,18-17-,21-20-,26-24-/t39-,42?,43?,44?,45+,46?,47+/m1/s1. The highest BCUT2D eigenvalue weighted by molar-refractivity contribution is 7.47. The van der Waals surface area contributed by atoms with Gasteiger partial charge in [-0.2, -0.15) is 0 Å². The van der Waals surface area contributed by atoms with Gasteiger partial charge in [0.2, 0.25) is 0 Å². The van der Waals surface area contributed by atoms with E-state index in [2.05, 4.69) is 71.5 Å². The van der Waals surface area contributed by atoms with Gasteiger partial charge in [-0.25, -0.2) is 13.7 Å². The van der Waals surface area contributed by atoms with Crippen LogP contribution in [0.1, 0.15) is 181 Å². The minimum Gasteiger partial charge on any atom is -0.462 e. The summed E-state index contributed by atoms with van der Waals surface area (Å²) in [6, 6.07) is 0. The number of hydrogen-bond donors (Lipinski definition) is 8. The van der Waals surface area contributed by atoms with Crippen LogP contribution in [0.5, 0.6) is 0 Å². The molecular weight excluding hydrogens is 961 g/mol. The lowest BCUT2D eigenvalue weighted by molar-refractivity contribution is -0.213. The van der Waals surface area contributed by atoms with Crippen molar-refractivity contribution >= 4 is 35.4 Å². The summed E-state index contributed by atoms with van der Waals surface area (Å²) in [6.07, 6.45) is 25.5. The highest BCUT2D eigenvalue weighted by Crippen LogP contribution is 2.51. The van der Waals surface area contributed by atoms with Crippen LogP contribution in [-0.4, -0.2) is 108 Å². The fourth-order valence-corrected chi connectivity index (χ4v) is 9.49. The Balaban J connectivity index is 2.73. The fraction of sp³-hybridized carbons (Fsp3) is 0.787. The minimum absolute atomic E-state index is 0.0392. The van der Waals surface area contributed by atoms with Crippen LogP contribution in [0.25, 0.3) is 0 Å². The first-order valence-electron chi connectivity index (χ1n) is 24.9. The summed E-state index contributed by atoms with van der Waals surface area (Å²) in [5.74, 6) is -1.33. The normalized spacial score (nSPS) is 21.7. The van der Waals surface area contributed by atoms with Crippen LogP contribution in [-0.2, 0) is 50.9 Å². The molecule has 1 aliphatic carbocycles. The molecule has 8 atom stereocenters. The number of rotatable bonds is 42. The summed E-state index contributed by atoms with van der Waals surface area (Å²) in [6.45, 7) is 2.90. The van der Waals surface area contributed by atoms with E-state index in [1.165, 1.54) is 70.6 Å². The van der Waals surface area contributed by atoms with Gasteiger partial charge in [0.1, 0.15) is 43.2 Å². The molecule has 0 spiro atoms. The number of phosphoric ester groups is 3. The van der Waals surface area contributed by atoms with E-state index in [4.69, 9.17) is 18.5 Å². The van der Waals surface area contributed by atoms with Gasteiger partial charge in [0.05, 0.1) is 6.61 Å². The molecule has 69 heavy (non-hydrogen) atoms. The highest BCUT2D eigenvalue weighted by Gasteiger charge is 2.56. The maximum absolute atomic E-state index is 13.1. The maximum atomic E-state index is 13.1. The number of ether oxygens (including phenoxy) is 2. The van der Waals surface area contributed by atoms with Gasteiger partial charge in [0, 0.05) is 12.8 Å². The third-order valence-corrected chi connectivity index (χ3v) is 13.2. The van der Waals surface area contributed by atoms with Crippen molar-refractivity contribution in [3.63, 3.8) is 0 Å². The van der Waals surface area contributed by atoms with E-state index in [9.17, 15) is 63.1 Å². The van der Waals surface area contributed by atoms with Crippen LogP contribution in [0.15, 0.2) is 48.6 Å². The van der Waals surface area contributed by atoms with Crippen LogP contribution in [0.2, 0.25) is 0 Å². The number of carbonyl (C=O) groups excluding carboxylic acids is 2. The molecule has 0 bridgehead atoms. The Kier molecular flexibility index (Phi) is 36.5. The lowest BCUT2D eigenvalue weighted by Crippen LogP contribution is -2.65. The molecule has 22 heteroatoms. The van der Waals surface area contributed by atoms with Crippen molar-refractivity contribution in [3.05, 3.63) is 48.6 Å². The van der Waals surface area contributed by atoms with Gasteiger partial charge in [0.15, 0.2) is 6.10 Å². The van der Waals surface area contributed by atoms with Crippen molar-refractivity contribution < 1.29 is 90.6 Å². The first kappa shape index (κ1) is 65.1. The molecule has 1 rings (SSSR count). The topological polar surface area (TPSA) is 303 Å². The van der Waals surface area contributed by atoms with Crippen LogP contribution >= 0.6 is 23.5 Å². The summed E-state index contributed by atoms with van der Waals surface area (Å²) >= 11 is 0. The molecule has 0 aromatic rings. The first-order chi connectivity index (χ1) is 32.8. The zero-order valence-corrected chi connectivity index (χ0v) is 43.6. The third-order valence-electron chi connectivity index (χ3n) is 11.1. The summed E-state index contributed by atoms with van der Waals surface area (Å²) in [7, 11) is -16.6. The number of unbranched alkanes of at least 4 members (excludes halogenated alkanes) is 18. The average molecular weight is 1050 g/mol. The zero-order chi connectivity index (χ0) is 51.4. The van der Waals surface area contributed by atoms with Crippen molar-refractivity contribution in [2.45, 2.75) is 224 Å². The molecule has 0 saturated heterocycles. The first-order valence-corrected chi connectivity index (χ1v) is 29.5. The van der Waals surface area contributed by atoms with Crippen molar-refractivity contribution in [2.75, 3.05) is 13.2 Å². The molecule has 0 radical (unpaired) electrons. The summed E-state index contributed by atoms with van der Waals surface area (Å²) in [5, 5.41) is 31.9. The van der Waals surface area contributed by atoms with Gasteiger partial charge in [-0.1, -0.05) is 159 Å². The van der Waals surface area contributed by atoms with E-state index in [0.717, 1.165) is 64.2 Å². The largest absolute Gasteiger partial charge is 0.472 e. The Morgan fingerprint density at radius 2 is 0.841 bits per heavy atom. The quantitative estimate of drug-likeness (QED) is 0.0122. The van der Waals surface area contributed by atoms with E-state index in [0.29, 0.717) is 19.3 Å². The van der Waals surface area contributed by atoms with E-state index in [1.54, 1.807) is 0 Å². The average Bonchev–Trinajstić information content (AvgIpc) is 3.28. The highest BCUT2D eigenvalue weighted by atomic mass is 31.2. The number of aliphatic hydroxyl groups is 3. The van der Waals surface area contributed by atoms with E-state index < -0.39 is 91.3 Å². The molecule has 19 nitrogen and oxygen atoms in total. The zero-order valence-electron chi connectivity index (χ0n) is 40.9. The number of esters is 2. The van der Waals surface area contributed by atoms with E-state index >= 15 is 0 Å². The molecule has 1 fully saturated rings. The molecule has 0 amide bonds. The van der Waals surface area contributed by atoms with Crippen molar-refractivity contribution in [1.82, 2.24) is 0 Å².